The molecule has 0 bridgehead atoms. The number of para-hydroxylation sites is 2. The molecule has 0 aromatic heterocycles. The zero-order valence-corrected chi connectivity index (χ0v) is 27.1. The second-order valence-corrected chi connectivity index (χ2v) is 14.2. The maximum atomic E-state index is 6.80. The Labute approximate surface area is 294 Å². The van der Waals surface area contributed by atoms with Gasteiger partial charge in [0, 0.05) is 17.0 Å². The molecule has 0 aliphatic carbocycles. The van der Waals surface area contributed by atoms with Crippen LogP contribution >= 0.6 is 0 Å². The van der Waals surface area contributed by atoms with Gasteiger partial charge in [-0.25, -0.2) is 0 Å². The summed E-state index contributed by atoms with van der Waals surface area (Å²) in [4.78, 5) is 0. The standard InChI is InChI=1S/C43H23B3O5/c1-3-11-31-25(9-1)44-28-20-27-24(19-38(28)50-36-16-6-14-34(47-31)42(36)44)18-23-8-5-13-33-41(23)46(27)30-21-29-39(22-40(30)49-33)51-37-17-7-15-35-43(37)45(29)26-10-2-4-12-32(26)48-35/h1-17,19-22H,18H2. The van der Waals surface area contributed by atoms with E-state index in [0.29, 0.717) is 0 Å². The molecule has 8 heteroatoms. The van der Waals surface area contributed by atoms with Gasteiger partial charge < -0.3 is 23.7 Å². The SMILES string of the molecule is c1ccc2c(c1)Oc1cccc3c1B2c1cc2c(cc1O3)Cc1cccc3c1B2c1cc2c(cc1O3)Oc1cccc3c1B2c1ccccc1O3. The Hall–Kier alpha value is -6.27. The third-order valence-electron chi connectivity index (χ3n) is 11.7. The van der Waals surface area contributed by atoms with Crippen molar-refractivity contribution < 1.29 is 23.7 Å². The smallest absolute Gasteiger partial charge is 0.260 e. The van der Waals surface area contributed by atoms with Gasteiger partial charge in [0.05, 0.1) is 0 Å². The second-order valence-electron chi connectivity index (χ2n) is 14.2. The van der Waals surface area contributed by atoms with Crippen LogP contribution in [-0.2, 0) is 6.42 Å². The zero-order valence-electron chi connectivity index (χ0n) is 27.1. The normalized spacial score (nSPS) is 14.9. The van der Waals surface area contributed by atoms with Gasteiger partial charge in [-0.1, -0.05) is 78.3 Å². The van der Waals surface area contributed by atoms with E-state index in [1.165, 1.54) is 22.1 Å². The molecule has 51 heavy (non-hydrogen) atoms. The summed E-state index contributed by atoms with van der Waals surface area (Å²) >= 11 is 0. The highest BCUT2D eigenvalue weighted by molar-refractivity contribution is 7.02. The third kappa shape index (κ3) is 3.40. The summed E-state index contributed by atoms with van der Waals surface area (Å²) in [7, 11) is 0. The number of hydrogen-bond acceptors (Lipinski definition) is 5. The fourth-order valence-corrected chi connectivity index (χ4v) is 9.61. The lowest BCUT2D eigenvalue weighted by Crippen LogP contribution is -2.64. The van der Waals surface area contributed by atoms with Crippen LogP contribution in [0.5, 0.6) is 57.5 Å². The number of ether oxygens (including phenoxy) is 5. The molecule has 0 amide bonds. The monoisotopic (exact) mass is 652 g/mol. The molecule has 5 nitrogen and oxygen atoms in total. The molecule has 13 rings (SSSR count). The number of rotatable bonds is 0. The first-order valence-electron chi connectivity index (χ1n) is 17.5. The Morgan fingerprint density at radius 2 is 0.706 bits per heavy atom. The number of benzene rings is 7. The van der Waals surface area contributed by atoms with Gasteiger partial charge in [-0.05, 0) is 98.9 Å². The summed E-state index contributed by atoms with van der Waals surface area (Å²) < 4.78 is 33.0. The van der Waals surface area contributed by atoms with Gasteiger partial charge in [-0.15, -0.1) is 0 Å². The van der Waals surface area contributed by atoms with E-state index in [2.05, 4.69) is 91.0 Å². The molecule has 0 saturated carbocycles. The molecule has 0 atom stereocenters. The summed E-state index contributed by atoms with van der Waals surface area (Å²) in [5.74, 6) is 8.61. The quantitative estimate of drug-likeness (QED) is 0.234. The van der Waals surface area contributed by atoms with Crippen molar-refractivity contribution in [2.45, 2.75) is 6.42 Å². The second kappa shape index (κ2) is 9.29. The van der Waals surface area contributed by atoms with Crippen LogP contribution in [-0.4, -0.2) is 20.1 Å². The van der Waals surface area contributed by atoms with Crippen molar-refractivity contribution in [2.24, 2.45) is 0 Å². The van der Waals surface area contributed by atoms with Gasteiger partial charge in [-0.2, -0.15) is 0 Å². The molecule has 6 aliphatic rings. The summed E-state index contributed by atoms with van der Waals surface area (Å²) in [5.41, 5.74) is 13.0. The first-order chi connectivity index (χ1) is 25.2. The molecule has 7 aromatic rings. The van der Waals surface area contributed by atoms with E-state index in [1.807, 2.05) is 36.4 Å². The average Bonchev–Trinajstić information content (AvgIpc) is 3.16. The van der Waals surface area contributed by atoms with E-state index in [9.17, 15) is 0 Å². The Morgan fingerprint density at radius 1 is 0.294 bits per heavy atom. The largest absolute Gasteiger partial charge is 0.458 e. The average molecular weight is 652 g/mol. The highest BCUT2D eigenvalue weighted by Gasteiger charge is 2.46. The Bertz CT molecular complexity index is 2580. The predicted molar refractivity (Wildman–Crippen MR) is 202 cm³/mol. The molecular weight excluding hydrogens is 629 g/mol. The van der Waals surface area contributed by atoms with Crippen LogP contribution in [0.1, 0.15) is 11.1 Å². The van der Waals surface area contributed by atoms with E-state index in [-0.39, 0.29) is 20.1 Å². The van der Waals surface area contributed by atoms with E-state index < -0.39 is 0 Å². The minimum atomic E-state index is -0.0299. The first kappa shape index (κ1) is 26.6. The Morgan fingerprint density at radius 3 is 1.27 bits per heavy atom. The highest BCUT2D eigenvalue weighted by Crippen LogP contribution is 2.39. The maximum Gasteiger partial charge on any atom is 0.260 e. The van der Waals surface area contributed by atoms with E-state index in [4.69, 9.17) is 23.7 Å². The molecule has 234 valence electrons. The molecule has 0 spiro atoms. The first-order valence-corrected chi connectivity index (χ1v) is 17.5. The van der Waals surface area contributed by atoms with Crippen molar-refractivity contribution in [3.63, 3.8) is 0 Å². The van der Waals surface area contributed by atoms with Crippen LogP contribution in [0.25, 0.3) is 0 Å². The van der Waals surface area contributed by atoms with Crippen molar-refractivity contribution in [1.29, 1.82) is 0 Å². The van der Waals surface area contributed by atoms with Gasteiger partial charge in [0.2, 0.25) is 0 Å². The highest BCUT2D eigenvalue weighted by atomic mass is 16.5. The molecule has 0 saturated heterocycles. The molecule has 0 fully saturated rings. The van der Waals surface area contributed by atoms with Crippen LogP contribution in [0.15, 0.2) is 127 Å². The topological polar surface area (TPSA) is 46.2 Å². The van der Waals surface area contributed by atoms with Crippen molar-refractivity contribution in [1.82, 2.24) is 0 Å². The Balaban J connectivity index is 1.05. The lowest BCUT2D eigenvalue weighted by molar-refractivity contribution is 0.456. The minimum Gasteiger partial charge on any atom is -0.458 e. The minimum absolute atomic E-state index is 0.00301. The lowest BCUT2D eigenvalue weighted by Gasteiger charge is -2.38. The molecule has 0 N–H and O–H groups in total. The van der Waals surface area contributed by atoms with Gasteiger partial charge >= 0.3 is 0 Å². The van der Waals surface area contributed by atoms with Gasteiger partial charge in [0.1, 0.15) is 57.5 Å². The predicted octanol–water partition coefficient (Wildman–Crippen LogP) is 3.67. The van der Waals surface area contributed by atoms with E-state index >= 15 is 0 Å². The van der Waals surface area contributed by atoms with Crippen LogP contribution in [0.4, 0.5) is 0 Å². The fraction of sp³-hybridized carbons (Fsp3) is 0.0233. The summed E-state index contributed by atoms with van der Waals surface area (Å²) in [6.07, 6.45) is 0.805. The maximum absolute atomic E-state index is 6.80. The molecule has 7 aromatic carbocycles. The molecule has 0 unspecified atom stereocenters. The van der Waals surface area contributed by atoms with Crippen molar-refractivity contribution in [2.75, 3.05) is 0 Å². The van der Waals surface area contributed by atoms with E-state index in [0.717, 1.165) is 102 Å². The summed E-state index contributed by atoms with van der Waals surface area (Å²) in [5, 5.41) is 0. The van der Waals surface area contributed by atoms with Gasteiger partial charge in [-0.3, -0.25) is 0 Å². The Kier molecular flexibility index (Phi) is 4.84. The van der Waals surface area contributed by atoms with Crippen LogP contribution in [0.3, 0.4) is 0 Å². The van der Waals surface area contributed by atoms with Crippen molar-refractivity contribution >= 4 is 69.3 Å². The van der Waals surface area contributed by atoms with Crippen LogP contribution in [0, 0.1) is 0 Å². The van der Waals surface area contributed by atoms with Crippen LogP contribution in [0.2, 0.25) is 0 Å². The van der Waals surface area contributed by atoms with Gasteiger partial charge in [0.25, 0.3) is 20.1 Å². The molecular formula is C43H23B3O5. The third-order valence-corrected chi connectivity index (χ3v) is 11.7. The zero-order chi connectivity index (χ0) is 32.9. The number of hydrogen-bond donors (Lipinski definition) is 0. The van der Waals surface area contributed by atoms with Gasteiger partial charge in [0.15, 0.2) is 0 Å². The van der Waals surface area contributed by atoms with Crippen molar-refractivity contribution in [3.05, 3.63) is 139 Å². The molecule has 0 radical (unpaired) electrons. The fourth-order valence-electron chi connectivity index (χ4n) is 9.61. The molecule has 6 heterocycles. The summed E-state index contributed by atoms with van der Waals surface area (Å²) in [6, 6.07) is 44.6. The van der Waals surface area contributed by atoms with Crippen molar-refractivity contribution in [3.8, 4) is 57.5 Å². The van der Waals surface area contributed by atoms with Crippen LogP contribution < -0.4 is 72.8 Å². The molecule has 6 aliphatic heterocycles. The summed E-state index contributed by atoms with van der Waals surface area (Å²) in [6.45, 7) is -0.0602. The number of fused-ring (bicyclic) bond motifs is 12. The lowest BCUT2D eigenvalue weighted by atomic mass is 9.29. The van der Waals surface area contributed by atoms with E-state index in [1.54, 1.807) is 0 Å².